The molecule has 0 amide bonds. The second-order valence-electron chi connectivity index (χ2n) is 6.46. The van der Waals surface area contributed by atoms with E-state index in [-0.39, 0.29) is 0 Å². The quantitative estimate of drug-likeness (QED) is 0.597. The second kappa shape index (κ2) is 7.61. The standard InChI is InChI=1S/C16H26.C2H6/c1-12(2)11-15(16(4,5)6)14-9-7-13(3)8-10-14;1-2/h7-10,12,15H,11H2,1-6H3;1-2H3. The minimum Gasteiger partial charge on any atom is -0.0683 e. The Balaban J connectivity index is 0.00000137. The summed E-state index contributed by atoms with van der Waals surface area (Å²) in [7, 11) is 0. The van der Waals surface area contributed by atoms with Crippen molar-refractivity contribution >= 4 is 0 Å². The molecule has 0 aliphatic rings. The van der Waals surface area contributed by atoms with Crippen LogP contribution in [0, 0.1) is 18.3 Å². The van der Waals surface area contributed by atoms with Gasteiger partial charge in [-0.3, -0.25) is 0 Å². The minimum absolute atomic E-state index is 0.347. The van der Waals surface area contributed by atoms with Crippen LogP contribution in [0.2, 0.25) is 0 Å². The Morgan fingerprint density at radius 2 is 1.39 bits per heavy atom. The molecule has 0 saturated heterocycles. The molecular formula is C18H32. The fourth-order valence-electron chi connectivity index (χ4n) is 2.26. The lowest BCUT2D eigenvalue weighted by Gasteiger charge is -2.32. The maximum absolute atomic E-state index is 2.35. The van der Waals surface area contributed by atoms with Gasteiger partial charge in [-0.25, -0.2) is 0 Å². The van der Waals surface area contributed by atoms with Crippen LogP contribution in [-0.2, 0) is 0 Å². The summed E-state index contributed by atoms with van der Waals surface area (Å²) in [5.74, 6) is 1.42. The number of hydrogen-bond acceptors (Lipinski definition) is 0. The first-order valence-electron chi connectivity index (χ1n) is 7.37. The molecule has 0 aliphatic heterocycles. The maximum Gasteiger partial charge on any atom is -0.0111 e. The fourth-order valence-corrected chi connectivity index (χ4v) is 2.26. The van der Waals surface area contributed by atoms with Gasteiger partial charge >= 0.3 is 0 Å². The zero-order chi connectivity index (χ0) is 14.3. The monoisotopic (exact) mass is 248 g/mol. The van der Waals surface area contributed by atoms with Gasteiger partial charge in [0.15, 0.2) is 0 Å². The van der Waals surface area contributed by atoms with E-state index in [2.05, 4.69) is 65.8 Å². The van der Waals surface area contributed by atoms with Crippen molar-refractivity contribution in [3.05, 3.63) is 35.4 Å². The molecule has 0 fully saturated rings. The third kappa shape index (κ3) is 5.71. The summed E-state index contributed by atoms with van der Waals surface area (Å²) in [6, 6.07) is 9.06. The largest absolute Gasteiger partial charge is 0.0683 e. The first kappa shape index (κ1) is 17.2. The molecule has 0 aliphatic carbocycles. The Morgan fingerprint density at radius 3 is 1.72 bits per heavy atom. The Hall–Kier alpha value is -0.780. The van der Waals surface area contributed by atoms with Gasteiger partial charge in [0.25, 0.3) is 0 Å². The maximum atomic E-state index is 2.35. The van der Waals surface area contributed by atoms with Crippen LogP contribution in [0.1, 0.15) is 71.9 Å². The highest BCUT2D eigenvalue weighted by Crippen LogP contribution is 2.39. The predicted octanol–water partition coefficient (Wildman–Crippen LogP) is 6.20. The zero-order valence-electron chi connectivity index (χ0n) is 13.7. The van der Waals surface area contributed by atoms with Gasteiger partial charge < -0.3 is 0 Å². The zero-order valence-corrected chi connectivity index (χ0v) is 13.7. The van der Waals surface area contributed by atoms with Gasteiger partial charge in [0.05, 0.1) is 0 Å². The summed E-state index contributed by atoms with van der Waals surface area (Å²) in [4.78, 5) is 0. The number of benzene rings is 1. The van der Waals surface area contributed by atoms with Crippen LogP contribution in [0.25, 0.3) is 0 Å². The van der Waals surface area contributed by atoms with Gasteiger partial charge in [-0.1, -0.05) is 78.3 Å². The van der Waals surface area contributed by atoms with E-state index >= 15 is 0 Å². The average molecular weight is 248 g/mol. The van der Waals surface area contributed by atoms with Crippen molar-refractivity contribution in [1.29, 1.82) is 0 Å². The summed E-state index contributed by atoms with van der Waals surface area (Å²) in [6.07, 6.45) is 1.27. The number of aryl methyl sites for hydroxylation is 1. The van der Waals surface area contributed by atoms with Gasteiger partial charge in [-0.05, 0) is 36.2 Å². The van der Waals surface area contributed by atoms with E-state index in [1.54, 1.807) is 0 Å². The summed E-state index contributed by atoms with van der Waals surface area (Å²) < 4.78 is 0. The van der Waals surface area contributed by atoms with E-state index in [0.29, 0.717) is 11.3 Å². The summed E-state index contributed by atoms with van der Waals surface area (Å²) in [6.45, 7) is 17.8. The minimum atomic E-state index is 0.347. The van der Waals surface area contributed by atoms with Crippen LogP contribution in [0.15, 0.2) is 24.3 Å². The van der Waals surface area contributed by atoms with Gasteiger partial charge in [-0.2, -0.15) is 0 Å². The molecule has 0 bridgehead atoms. The SMILES string of the molecule is CC.Cc1ccc(C(CC(C)C)C(C)(C)C)cc1. The molecular weight excluding hydrogens is 216 g/mol. The first-order valence-corrected chi connectivity index (χ1v) is 7.37. The van der Waals surface area contributed by atoms with E-state index in [0.717, 1.165) is 5.92 Å². The predicted molar refractivity (Wildman–Crippen MR) is 84.2 cm³/mol. The van der Waals surface area contributed by atoms with Crippen molar-refractivity contribution in [3.63, 3.8) is 0 Å². The molecule has 0 nitrogen and oxygen atoms in total. The highest BCUT2D eigenvalue weighted by molar-refractivity contribution is 5.25. The highest BCUT2D eigenvalue weighted by atomic mass is 14.3. The van der Waals surface area contributed by atoms with Crippen LogP contribution in [0.5, 0.6) is 0 Å². The molecule has 0 spiro atoms. The van der Waals surface area contributed by atoms with E-state index in [1.807, 2.05) is 13.8 Å². The molecule has 0 heteroatoms. The van der Waals surface area contributed by atoms with E-state index in [9.17, 15) is 0 Å². The van der Waals surface area contributed by atoms with Crippen molar-refractivity contribution in [2.75, 3.05) is 0 Å². The van der Waals surface area contributed by atoms with Crippen molar-refractivity contribution in [2.24, 2.45) is 11.3 Å². The molecule has 1 rings (SSSR count). The molecule has 1 aromatic carbocycles. The van der Waals surface area contributed by atoms with Crippen LogP contribution in [0.4, 0.5) is 0 Å². The lowest BCUT2D eigenvalue weighted by Crippen LogP contribution is -2.20. The van der Waals surface area contributed by atoms with Crippen LogP contribution < -0.4 is 0 Å². The molecule has 1 unspecified atom stereocenters. The molecule has 0 N–H and O–H groups in total. The number of hydrogen-bond donors (Lipinski definition) is 0. The molecule has 0 heterocycles. The molecule has 0 aromatic heterocycles. The molecule has 0 radical (unpaired) electrons. The lowest BCUT2D eigenvalue weighted by molar-refractivity contribution is 0.280. The normalized spacial score (nSPS) is 12.9. The Kier molecular flexibility index (Phi) is 7.28. The molecule has 1 atom stereocenters. The van der Waals surface area contributed by atoms with Crippen LogP contribution in [0.3, 0.4) is 0 Å². The molecule has 0 saturated carbocycles. The second-order valence-corrected chi connectivity index (χ2v) is 6.46. The number of rotatable bonds is 3. The lowest BCUT2D eigenvalue weighted by atomic mass is 9.72. The van der Waals surface area contributed by atoms with Gasteiger partial charge in [0.1, 0.15) is 0 Å². The van der Waals surface area contributed by atoms with Crippen molar-refractivity contribution in [1.82, 2.24) is 0 Å². The molecule has 104 valence electrons. The summed E-state index contributed by atoms with van der Waals surface area (Å²) >= 11 is 0. The Labute approximate surface area is 115 Å². The van der Waals surface area contributed by atoms with Gasteiger partial charge in [-0.15, -0.1) is 0 Å². The van der Waals surface area contributed by atoms with Crippen LogP contribution >= 0.6 is 0 Å². The third-order valence-corrected chi connectivity index (χ3v) is 3.23. The van der Waals surface area contributed by atoms with Crippen molar-refractivity contribution < 1.29 is 0 Å². The Morgan fingerprint density at radius 1 is 0.944 bits per heavy atom. The summed E-state index contributed by atoms with van der Waals surface area (Å²) in [5.41, 5.74) is 3.19. The van der Waals surface area contributed by atoms with Crippen molar-refractivity contribution in [3.8, 4) is 0 Å². The van der Waals surface area contributed by atoms with Crippen LogP contribution in [-0.4, -0.2) is 0 Å². The van der Waals surface area contributed by atoms with E-state index in [1.165, 1.54) is 17.5 Å². The van der Waals surface area contributed by atoms with E-state index < -0.39 is 0 Å². The topological polar surface area (TPSA) is 0 Å². The average Bonchev–Trinajstić information content (AvgIpc) is 2.28. The first-order chi connectivity index (χ1) is 8.30. The smallest absolute Gasteiger partial charge is 0.0111 e. The van der Waals surface area contributed by atoms with Crippen molar-refractivity contribution in [2.45, 2.75) is 67.7 Å². The van der Waals surface area contributed by atoms with Gasteiger partial charge in [0.2, 0.25) is 0 Å². The highest BCUT2D eigenvalue weighted by Gasteiger charge is 2.26. The third-order valence-electron chi connectivity index (χ3n) is 3.23. The molecule has 18 heavy (non-hydrogen) atoms. The summed E-state index contributed by atoms with van der Waals surface area (Å²) in [5, 5.41) is 0. The molecule has 1 aromatic rings. The Bertz CT molecular complexity index is 311. The fraction of sp³-hybridized carbons (Fsp3) is 0.667. The van der Waals surface area contributed by atoms with E-state index in [4.69, 9.17) is 0 Å². The van der Waals surface area contributed by atoms with Gasteiger partial charge in [0, 0.05) is 0 Å².